The van der Waals surface area contributed by atoms with Crippen LogP contribution in [0.2, 0.25) is 0 Å². The summed E-state index contributed by atoms with van der Waals surface area (Å²) in [4.78, 5) is 22.3. The lowest BCUT2D eigenvalue weighted by atomic mass is 10.1. The van der Waals surface area contributed by atoms with Crippen LogP contribution in [0.1, 0.15) is 20.8 Å². The van der Waals surface area contributed by atoms with Gasteiger partial charge in [-0.2, -0.15) is 0 Å². The van der Waals surface area contributed by atoms with Gasteiger partial charge in [0.25, 0.3) is 0 Å². The number of nitrogens with zero attached hydrogens (tertiary/aromatic N) is 3. The van der Waals surface area contributed by atoms with Gasteiger partial charge in [-0.05, 0) is 24.3 Å². The summed E-state index contributed by atoms with van der Waals surface area (Å²) in [5.41, 5.74) is 1.47. The SMILES string of the molecule is O=C(O)c1ccc(-n2nnc(C(=O)O)c2-c2ccccc2)cc1. The molecule has 0 amide bonds. The molecule has 0 aliphatic heterocycles. The Morgan fingerprint density at radius 3 is 2.09 bits per heavy atom. The van der Waals surface area contributed by atoms with E-state index in [-0.39, 0.29) is 11.3 Å². The van der Waals surface area contributed by atoms with Gasteiger partial charge in [0, 0.05) is 5.56 Å². The first-order valence-corrected chi connectivity index (χ1v) is 6.66. The molecule has 0 aliphatic rings. The van der Waals surface area contributed by atoms with Gasteiger partial charge in [-0.25, -0.2) is 14.3 Å². The predicted molar refractivity (Wildman–Crippen MR) is 80.7 cm³/mol. The minimum Gasteiger partial charge on any atom is -0.478 e. The lowest BCUT2D eigenvalue weighted by Crippen LogP contribution is -2.04. The second-order valence-electron chi connectivity index (χ2n) is 4.72. The molecular weight excluding hydrogens is 298 g/mol. The summed E-state index contributed by atoms with van der Waals surface area (Å²) in [6, 6.07) is 14.9. The van der Waals surface area contributed by atoms with Crippen LogP contribution in [-0.2, 0) is 0 Å². The predicted octanol–water partition coefficient (Wildman–Crippen LogP) is 2.33. The number of benzene rings is 2. The summed E-state index contributed by atoms with van der Waals surface area (Å²) in [6.07, 6.45) is 0. The Hall–Kier alpha value is -3.48. The molecule has 0 fully saturated rings. The Morgan fingerprint density at radius 1 is 0.870 bits per heavy atom. The van der Waals surface area contributed by atoms with E-state index in [1.165, 1.54) is 16.8 Å². The molecule has 0 aliphatic carbocycles. The van der Waals surface area contributed by atoms with E-state index >= 15 is 0 Å². The van der Waals surface area contributed by atoms with Crippen molar-refractivity contribution in [3.05, 3.63) is 65.9 Å². The Balaban J connectivity index is 2.16. The molecule has 0 bridgehead atoms. The Morgan fingerprint density at radius 2 is 1.52 bits per heavy atom. The molecule has 3 aromatic rings. The molecule has 7 heteroatoms. The maximum absolute atomic E-state index is 11.4. The van der Waals surface area contributed by atoms with Crippen LogP contribution < -0.4 is 0 Å². The topological polar surface area (TPSA) is 105 Å². The number of aromatic carboxylic acids is 2. The molecule has 1 heterocycles. The van der Waals surface area contributed by atoms with Crippen molar-refractivity contribution in [1.82, 2.24) is 15.0 Å². The zero-order chi connectivity index (χ0) is 16.4. The smallest absolute Gasteiger partial charge is 0.358 e. The number of aromatic nitrogens is 3. The molecule has 7 nitrogen and oxygen atoms in total. The van der Waals surface area contributed by atoms with Crippen molar-refractivity contribution < 1.29 is 19.8 Å². The normalized spacial score (nSPS) is 10.4. The van der Waals surface area contributed by atoms with Crippen molar-refractivity contribution >= 4 is 11.9 Å². The molecule has 23 heavy (non-hydrogen) atoms. The molecule has 2 N–H and O–H groups in total. The highest BCUT2D eigenvalue weighted by molar-refractivity contribution is 5.93. The lowest BCUT2D eigenvalue weighted by molar-refractivity contribution is 0.0683. The molecule has 114 valence electrons. The molecule has 0 unspecified atom stereocenters. The van der Waals surface area contributed by atoms with Crippen molar-refractivity contribution in [3.8, 4) is 16.9 Å². The van der Waals surface area contributed by atoms with E-state index in [1.54, 1.807) is 36.4 Å². The maximum atomic E-state index is 11.4. The van der Waals surface area contributed by atoms with E-state index in [9.17, 15) is 14.7 Å². The van der Waals surface area contributed by atoms with Crippen molar-refractivity contribution in [2.75, 3.05) is 0 Å². The van der Waals surface area contributed by atoms with E-state index < -0.39 is 11.9 Å². The average molecular weight is 309 g/mol. The van der Waals surface area contributed by atoms with Gasteiger partial charge in [0.1, 0.15) is 5.69 Å². The van der Waals surface area contributed by atoms with E-state index in [0.29, 0.717) is 16.9 Å². The molecule has 0 atom stereocenters. The van der Waals surface area contributed by atoms with Crippen LogP contribution in [0.5, 0.6) is 0 Å². The fourth-order valence-corrected chi connectivity index (χ4v) is 2.21. The van der Waals surface area contributed by atoms with Gasteiger partial charge in [0.05, 0.1) is 11.3 Å². The Labute approximate surface area is 130 Å². The van der Waals surface area contributed by atoms with E-state index in [2.05, 4.69) is 10.3 Å². The van der Waals surface area contributed by atoms with Gasteiger partial charge in [-0.3, -0.25) is 0 Å². The number of carbonyl (C=O) groups is 2. The zero-order valence-corrected chi connectivity index (χ0v) is 11.7. The van der Waals surface area contributed by atoms with Crippen LogP contribution in [0.3, 0.4) is 0 Å². The standard InChI is InChI=1S/C16H11N3O4/c20-15(21)11-6-8-12(9-7-11)19-14(10-4-2-1-3-5-10)13(16(22)23)17-18-19/h1-9H,(H,20,21)(H,22,23). The van der Waals surface area contributed by atoms with Crippen molar-refractivity contribution in [1.29, 1.82) is 0 Å². The van der Waals surface area contributed by atoms with Crippen molar-refractivity contribution in [3.63, 3.8) is 0 Å². The monoisotopic (exact) mass is 309 g/mol. The zero-order valence-electron chi connectivity index (χ0n) is 11.7. The highest BCUT2D eigenvalue weighted by atomic mass is 16.4. The highest BCUT2D eigenvalue weighted by Crippen LogP contribution is 2.25. The van der Waals surface area contributed by atoms with Gasteiger partial charge in [0.2, 0.25) is 0 Å². The quantitative estimate of drug-likeness (QED) is 0.766. The van der Waals surface area contributed by atoms with Gasteiger partial charge >= 0.3 is 11.9 Å². The van der Waals surface area contributed by atoms with Crippen LogP contribution in [0.25, 0.3) is 16.9 Å². The van der Waals surface area contributed by atoms with Gasteiger partial charge in [-0.1, -0.05) is 35.5 Å². The van der Waals surface area contributed by atoms with Crippen LogP contribution >= 0.6 is 0 Å². The molecule has 0 saturated heterocycles. The third-order valence-corrected chi connectivity index (χ3v) is 3.28. The minimum atomic E-state index is -1.18. The average Bonchev–Trinajstić information content (AvgIpc) is 3.01. The molecule has 0 radical (unpaired) electrons. The molecule has 0 spiro atoms. The first kappa shape index (κ1) is 14.5. The maximum Gasteiger partial charge on any atom is 0.358 e. The van der Waals surface area contributed by atoms with Gasteiger partial charge in [0.15, 0.2) is 5.69 Å². The van der Waals surface area contributed by atoms with Crippen LogP contribution in [-0.4, -0.2) is 37.1 Å². The number of hydrogen-bond donors (Lipinski definition) is 2. The molecule has 2 aromatic carbocycles. The summed E-state index contributed by atoms with van der Waals surface area (Å²) >= 11 is 0. The minimum absolute atomic E-state index is 0.133. The van der Waals surface area contributed by atoms with E-state index in [0.717, 1.165) is 0 Å². The van der Waals surface area contributed by atoms with Gasteiger partial charge < -0.3 is 10.2 Å². The number of hydrogen-bond acceptors (Lipinski definition) is 4. The van der Waals surface area contributed by atoms with Crippen LogP contribution in [0, 0.1) is 0 Å². The summed E-state index contributed by atoms with van der Waals surface area (Å²) in [5, 5.41) is 25.9. The van der Waals surface area contributed by atoms with Crippen molar-refractivity contribution in [2.45, 2.75) is 0 Å². The summed E-state index contributed by atoms with van der Waals surface area (Å²) in [5.74, 6) is -2.22. The number of rotatable bonds is 4. The lowest BCUT2D eigenvalue weighted by Gasteiger charge is -2.07. The van der Waals surface area contributed by atoms with Crippen LogP contribution in [0.15, 0.2) is 54.6 Å². The second kappa shape index (κ2) is 5.72. The first-order chi connectivity index (χ1) is 11.1. The largest absolute Gasteiger partial charge is 0.478 e. The molecule has 1 aromatic heterocycles. The Kier molecular flexibility index (Phi) is 3.60. The number of carboxylic acid groups (broad SMARTS) is 2. The highest BCUT2D eigenvalue weighted by Gasteiger charge is 2.21. The van der Waals surface area contributed by atoms with E-state index in [4.69, 9.17) is 5.11 Å². The summed E-state index contributed by atoms with van der Waals surface area (Å²) in [7, 11) is 0. The fraction of sp³-hybridized carbons (Fsp3) is 0. The second-order valence-corrected chi connectivity index (χ2v) is 4.72. The van der Waals surface area contributed by atoms with E-state index in [1.807, 2.05) is 6.07 Å². The fourth-order valence-electron chi connectivity index (χ4n) is 2.21. The van der Waals surface area contributed by atoms with Gasteiger partial charge in [-0.15, -0.1) is 5.10 Å². The first-order valence-electron chi connectivity index (χ1n) is 6.66. The summed E-state index contributed by atoms with van der Waals surface area (Å²) < 4.78 is 1.38. The molecular formula is C16H11N3O4. The third kappa shape index (κ3) is 2.67. The summed E-state index contributed by atoms with van der Waals surface area (Å²) in [6.45, 7) is 0. The Bertz CT molecular complexity index is 870. The third-order valence-electron chi connectivity index (χ3n) is 3.28. The molecule has 3 rings (SSSR count). The molecule has 0 saturated carbocycles. The van der Waals surface area contributed by atoms with Crippen LogP contribution in [0.4, 0.5) is 0 Å². The number of carboxylic acids is 2. The van der Waals surface area contributed by atoms with Crippen molar-refractivity contribution in [2.24, 2.45) is 0 Å².